The molecule has 0 amide bonds. The molecular weight excluding hydrogens is 160 g/mol. The van der Waals surface area contributed by atoms with Gasteiger partial charge in [-0.3, -0.25) is 0 Å². The van der Waals surface area contributed by atoms with E-state index in [9.17, 15) is 0 Å². The molecule has 0 unspecified atom stereocenters. The van der Waals surface area contributed by atoms with Crippen LogP contribution in [0.4, 0.5) is 0 Å². The Balaban J connectivity index is 3.05. The first-order valence-corrected chi connectivity index (χ1v) is 4.95. The lowest BCUT2D eigenvalue weighted by Gasteiger charge is -2.20. The summed E-state index contributed by atoms with van der Waals surface area (Å²) in [7, 11) is 0. The SMILES string of the molecule is C#CCCCNCCNC(C)(C)C. The van der Waals surface area contributed by atoms with Gasteiger partial charge < -0.3 is 10.6 Å². The van der Waals surface area contributed by atoms with Crippen molar-refractivity contribution in [2.24, 2.45) is 0 Å². The quantitative estimate of drug-likeness (QED) is 0.479. The third-order valence-electron chi connectivity index (χ3n) is 1.63. The molecule has 0 aromatic rings. The van der Waals surface area contributed by atoms with Crippen molar-refractivity contribution >= 4 is 0 Å². The normalized spacial score (nSPS) is 11.2. The molecule has 0 heterocycles. The molecule has 0 bridgehead atoms. The molecule has 0 aliphatic heterocycles. The second-order valence-corrected chi connectivity index (χ2v) is 4.23. The van der Waals surface area contributed by atoms with Crippen LogP contribution in [0.5, 0.6) is 0 Å². The first-order valence-electron chi connectivity index (χ1n) is 4.95. The zero-order valence-corrected chi connectivity index (χ0v) is 9.11. The molecule has 0 aromatic heterocycles. The highest BCUT2D eigenvalue weighted by atomic mass is 15.0. The molecule has 0 atom stereocenters. The van der Waals surface area contributed by atoms with Crippen LogP contribution < -0.4 is 10.6 Å². The van der Waals surface area contributed by atoms with E-state index in [1.807, 2.05) is 0 Å². The van der Waals surface area contributed by atoms with Gasteiger partial charge in [-0.05, 0) is 33.7 Å². The van der Waals surface area contributed by atoms with Gasteiger partial charge in [0.1, 0.15) is 0 Å². The Bertz CT molecular complexity index is 150. The summed E-state index contributed by atoms with van der Waals surface area (Å²) in [5, 5.41) is 6.74. The van der Waals surface area contributed by atoms with E-state index in [1.54, 1.807) is 0 Å². The Morgan fingerprint density at radius 2 is 1.85 bits per heavy atom. The predicted molar refractivity (Wildman–Crippen MR) is 58.7 cm³/mol. The number of hydrogen-bond donors (Lipinski definition) is 2. The van der Waals surface area contributed by atoms with E-state index in [4.69, 9.17) is 6.42 Å². The maximum absolute atomic E-state index is 5.14. The summed E-state index contributed by atoms with van der Waals surface area (Å²) in [6.45, 7) is 9.57. The molecule has 0 aromatic carbocycles. The average molecular weight is 182 g/mol. The molecule has 0 fully saturated rings. The second-order valence-electron chi connectivity index (χ2n) is 4.23. The molecule has 2 N–H and O–H groups in total. The molecule has 0 radical (unpaired) electrons. The molecule has 0 spiro atoms. The van der Waals surface area contributed by atoms with Crippen molar-refractivity contribution in [2.75, 3.05) is 19.6 Å². The summed E-state index contributed by atoms with van der Waals surface area (Å²) < 4.78 is 0. The minimum absolute atomic E-state index is 0.223. The maximum atomic E-state index is 5.14. The van der Waals surface area contributed by atoms with Gasteiger partial charge in [-0.15, -0.1) is 12.3 Å². The smallest absolute Gasteiger partial charge is 0.00981 e. The predicted octanol–water partition coefficient (Wildman–Crippen LogP) is 1.38. The van der Waals surface area contributed by atoms with Crippen LogP contribution in [-0.2, 0) is 0 Å². The summed E-state index contributed by atoms with van der Waals surface area (Å²) in [5.41, 5.74) is 0.223. The number of hydrogen-bond acceptors (Lipinski definition) is 2. The topological polar surface area (TPSA) is 24.1 Å². The molecule has 0 saturated carbocycles. The zero-order valence-electron chi connectivity index (χ0n) is 9.11. The first-order chi connectivity index (χ1) is 6.06. The van der Waals surface area contributed by atoms with Gasteiger partial charge in [-0.2, -0.15) is 0 Å². The van der Waals surface area contributed by atoms with Gasteiger partial charge in [0.15, 0.2) is 0 Å². The van der Waals surface area contributed by atoms with E-state index in [2.05, 4.69) is 37.3 Å². The van der Waals surface area contributed by atoms with E-state index in [0.29, 0.717) is 0 Å². The largest absolute Gasteiger partial charge is 0.315 e. The van der Waals surface area contributed by atoms with Crippen molar-refractivity contribution in [3.63, 3.8) is 0 Å². The van der Waals surface area contributed by atoms with Gasteiger partial charge in [0.25, 0.3) is 0 Å². The highest BCUT2D eigenvalue weighted by Crippen LogP contribution is 1.96. The second kappa shape index (κ2) is 6.94. The van der Waals surface area contributed by atoms with Gasteiger partial charge in [0.05, 0.1) is 0 Å². The molecule has 0 aliphatic rings. The summed E-state index contributed by atoms with van der Waals surface area (Å²) in [5.74, 6) is 2.63. The fourth-order valence-electron chi connectivity index (χ4n) is 0.966. The summed E-state index contributed by atoms with van der Waals surface area (Å²) in [6, 6.07) is 0. The number of rotatable bonds is 6. The third-order valence-corrected chi connectivity index (χ3v) is 1.63. The fraction of sp³-hybridized carbons (Fsp3) is 0.818. The number of unbranched alkanes of at least 4 members (excludes halogenated alkanes) is 1. The number of nitrogens with one attached hydrogen (secondary N) is 2. The summed E-state index contributed by atoms with van der Waals surface area (Å²) in [4.78, 5) is 0. The van der Waals surface area contributed by atoms with Crippen LogP contribution in [0.15, 0.2) is 0 Å². The van der Waals surface area contributed by atoms with Crippen molar-refractivity contribution in [3.05, 3.63) is 0 Å². The van der Waals surface area contributed by atoms with Gasteiger partial charge in [-0.1, -0.05) is 0 Å². The molecular formula is C11H22N2. The van der Waals surface area contributed by atoms with Crippen LogP contribution in [0.2, 0.25) is 0 Å². The monoisotopic (exact) mass is 182 g/mol. The highest BCUT2D eigenvalue weighted by molar-refractivity contribution is 4.83. The van der Waals surface area contributed by atoms with Gasteiger partial charge in [0, 0.05) is 25.0 Å². The molecule has 76 valence electrons. The Morgan fingerprint density at radius 1 is 1.15 bits per heavy atom. The molecule has 0 rings (SSSR count). The maximum Gasteiger partial charge on any atom is 0.00981 e. The molecule has 2 heteroatoms. The molecule has 0 saturated heterocycles. The Labute approximate surface area is 82.5 Å². The van der Waals surface area contributed by atoms with E-state index in [1.165, 1.54) is 0 Å². The van der Waals surface area contributed by atoms with Crippen LogP contribution in [-0.4, -0.2) is 25.2 Å². The number of terminal acetylenes is 1. The van der Waals surface area contributed by atoms with Crippen LogP contribution >= 0.6 is 0 Å². The van der Waals surface area contributed by atoms with Gasteiger partial charge >= 0.3 is 0 Å². The van der Waals surface area contributed by atoms with E-state index < -0.39 is 0 Å². The lowest BCUT2D eigenvalue weighted by molar-refractivity contribution is 0.421. The van der Waals surface area contributed by atoms with Crippen molar-refractivity contribution in [2.45, 2.75) is 39.2 Å². The van der Waals surface area contributed by atoms with E-state index in [-0.39, 0.29) is 5.54 Å². The van der Waals surface area contributed by atoms with Gasteiger partial charge in [0.2, 0.25) is 0 Å². The Kier molecular flexibility index (Phi) is 6.66. The first kappa shape index (κ1) is 12.5. The fourth-order valence-corrected chi connectivity index (χ4v) is 0.966. The third kappa shape index (κ3) is 11.5. The molecule has 13 heavy (non-hydrogen) atoms. The molecule has 0 aliphatic carbocycles. The minimum atomic E-state index is 0.223. The highest BCUT2D eigenvalue weighted by Gasteiger charge is 2.06. The van der Waals surface area contributed by atoms with Crippen LogP contribution in [0.3, 0.4) is 0 Å². The van der Waals surface area contributed by atoms with Crippen LogP contribution in [0.25, 0.3) is 0 Å². The summed E-state index contributed by atoms with van der Waals surface area (Å²) >= 11 is 0. The van der Waals surface area contributed by atoms with Crippen LogP contribution in [0.1, 0.15) is 33.6 Å². The lowest BCUT2D eigenvalue weighted by atomic mass is 10.1. The lowest BCUT2D eigenvalue weighted by Crippen LogP contribution is -2.40. The van der Waals surface area contributed by atoms with Crippen molar-refractivity contribution < 1.29 is 0 Å². The average Bonchev–Trinajstić information content (AvgIpc) is 2.01. The van der Waals surface area contributed by atoms with Crippen molar-refractivity contribution in [1.82, 2.24) is 10.6 Å². The summed E-state index contributed by atoms with van der Waals surface area (Å²) in [6.07, 6.45) is 7.09. The standard InChI is InChI=1S/C11H22N2/c1-5-6-7-8-12-9-10-13-11(2,3)4/h1,12-13H,6-10H2,2-4H3. The van der Waals surface area contributed by atoms with Crippen LogP contribution in [0, 0.1) is 12.3 Å². The van der Waals surface area contributed by atoms with Crippen molar-refractivity contribution in [1.29, 1.82) is 0 Å². The van der Waals surface area contributed by atoms with Crippen molar-refractivity contribution in [3.8, 4) is 12.3 Å². The zero-order chi connectivity index (χ0) is 10.2. The van der Waals surface area contributed by atoms with E-state index >= 15 is 0 Å². The Hall–Kier alpha value is -0.520. The minimum Gasteiger partial charge on any atom is -0.315 e. The molecule has 2 nitrogen and oxygen atoms in total. The van der Waals surface area contributed by atoms with E-state index in [0.717, 1.165) is 32.5 Å². The Morgan fingerprint density at radius 3 is 2.38 bits per heavy atom. The van der Waals surface area contributed by atoms with Gasteiger partial charge in [-0.25, -0.2) is 0 Å².